The van der Waals surface area contributed by atoms with Crippen LogP contribution < -0.4 is 14.9 Å². The van der Waals surface area contributed by atoms with Crippen LogP contribution in [0.2, 0.25) is 5.02 Å². The maximum absolute atomic E-state index is 13.7. The molecular weight excluding hydrogens is 564 g/mol. The van der Waals surface area contributed by atoms with Crippen LogP contribution in [-0.4, -0.2) is 50.2 Å². The number of para-hydroxylation sites is 1. The number of nitrogens with zero attached hydrogens (tertiary/aromatic N) is 3. The first-order chi connectivity index (χ1) is 19.6. The Morgan fingerprint density at radius 2 is 1.66 bits per heavy atom. The predicted molar refractivity (Wildman–Crippen MR) is 160 cm³/mol. The molecule has 1 aromatic heterocycles. The number of methoxy groups -OCH3 is 2. The number of carbonyl (C=O) groups excluding carboxylic acids is 1. The molecule has 3 aromatic carbocycles. The summed E-state index contributed by atoms with van der Waals surface area (Å²) in [5.41, 5.74) is 6.63. The van der Waals surface area contributed by atoms with Crippen LogP contribution in [0.3, 0.4) is 0 Å². The number of halogens is 1. The number of hydrogen-bond acceptors (Lipinski definition) is 6. The Balaban J connectivity index is 1.55. The van der Waals surface area contributed by atoms with Crippen molar-refractivity contribution >= 4 is 33.7 Å². The molecule has 0 aliphatic carbocycles. The van der Waals surface area contributed by atoms with Gasteiger partial charge in [0.05, 0.1) is 42.6 Å². The fourth-order valence-corrected chi connectivity index (χ4v) is 6.05. The van der Waals surface area contributed by atoms with Gasteiger partial charge in [-0.05, 0) is 49.7 Å². The van der Waals surface area contributed by atoms with Gasteiger partial charge < -0.3 is 14.0 Å². The highest BCUT2D eigenvalue weighted by Gasteiger charge is 2.28. The van der Waals surface area contributed by atoms with Crippen LogP contribution in [0.1, 0.15) is 22.5 Å². The number of rotatable bonds is 11. The van der Waals surface area contributed by atoms with E-state index in [-0.39, 0.29) is 17.2 Å². The average molecular weight is 595 g/mol. The molecule has 4 rings (SSSR count). The average Bonchev–Trinajstić information content (AvgIpc) is 3.25. The molecule has 0 unspecified atom stereocenters. The number of amides is 1. The maximum Gasteiger partial charge on any atom is 0.255 e. The Morgan fingerprint density at radius 3 is 2.34 bits per heavy atom. The van der Waals surface area contributed by atoms with Crippen LogP contribution in [-0.2, 0) is 21.4 Å². The highest BCUT2D eigenvalue weighted by Crippen LogP contribution is 2.31. The van der Waals surface area contributed by atoms with E-state index in [2.05, 4.69) is 10.5 Å². The molecule has 1 N–H and O–H groups in total. The van der Waals surface area contributed by atoms with E-state index in [4.69, 9.17) is 21.1 Å². The molecule has 0 bridgehead atoms. The Hall–Kier alpha value is -4.12. The zero-order valence-electron chi connectivity index (χ0n) is 23.2. The standard InChI is InChI=1S/C30H31ClN4O5S/c1-21-16-24(22(2)35(21)27-13-9-8-12-26(27)31)18-32-33-30(36)20-34(19-23-10-6-5-7-11-23)41(37,38)25-14-15-28(39-3)29(17-25)40-4/h5-18H,19-20H2,1-4H3,(H,33,36)/b32-18+. The first-order valence-electron chi connectivity index (χ1n) is 12.7. The number of hydrogen-bond donors (Lipinski definition) is 1. The lowest BCUT2D eigenvalue weighted by atomic mass is 10.2. The Kier molecular flexibility index (Phi) is 9.49. The molecular formula is C30H31ClN4O5S. The first-order valence-corrected chi connectivity index (χ1v) is 14.5. The van der Waals surface area contributed by atoms with Crippen LogP contribution in [0.5, 0.6) is 11.5 Å². The number of aryl methyl sites for hydroxylation is 1. The van der Waals surface area contributed by atoms with E-state index in [1.165, 1.54) is 38.6 Å². The summed E-state index contributed by atoms with van der Waals surface area (Å²) in [6.07, 6.45) is 1.53. The molecule has 0 aliphatic rings. The Morgan fingerprint density at radius 1 is 0.976 bits per heavy atom. The number of carbonyl (C=O) groups is 1. The molecule has 0 saturated heterocycles. The molecule has 1 amide bonds. The second-order valence-electron chi connectivity index (χ2n) is 9.18. The minimum atomic E-state index is -4.10. The summed E-state index contributed by atoms with van der Waals surface area (Å²) < 4.78 is 41.0. The maximum atomic E-state index is 13.7. The first kappa shape index (κ1) is 29.9. The van der Waals surface area contributed by atoms with E-state index in [1.54, 1.807) is 24.3 Å². The lowest BCUT2D eigenvalue weighted by molar-refractivity contribution is -0.121. The summed E-state index contributed by atoms with van der Waals surface area (Å²) in [5, 5.41) is 4.72. The monoisotopic (exact) mass is 594 g/mol. The number of nitrogens with one attached hydrogen (secondary N) is 1. The van der Waals surface area contributed by atoms with Crippen LogP contribution >= 0.6 is 11.6 Å². The van der Waals surface area contributed by atoms with Crippen LogP contribution in [0.4, 0.5) is 0 Å². The SMILES string of the molecule is COc1ccc(S(=O)(=O)N(CC(=O)N/N=C/c2cc(C)n(-c3ccccc3Cl)c2C)Cc2ccccc2)cc1OC. The second-order valence-corrected chi connectivity index (χ2v) is 11.5. The van der Waals surface area contributed by atoms with Crippen molar-refractivity contribution in [2.24, 2.45) is 5.10 Å². The van der Waals surface area contributed by atoms with Gasteiger partial charge in [0.1, 0.15) is 0 Å². The predicted octanol–water partition coefficient (Wildman–Crippen LogP) is 5.11. The fourth-order valence-electron chi connectivity index (χ4n) is 4.43. The minimum Gasteiger partial charge on any atom is -0.493 e. The van der Waals surface area contributed by atoms with Crippen molar-refractivity contribution in [2.45, 2.75) is 25.3 Å². The summed E-state index contributed by atoms with van der Waals surface area (Å²) in [7, 11) is -1.21. The Bertz CT molecular complexity index is 1670. The van der Waals surface area contributed by atoms with E-state index < -0.39 is 22.5 Å². The van der Waals surface area contributed by atoms with Crippen molar-refractivity contribution in [3.63, 3.8) is 0 Å². The minimum absolute atomic E-state index is 0.0202. The normalized spacial score (nSPS) is 11.7. The summed E-state index contributed by atoms with van der Waals surface area (Å²) >= 11 is 6.40. The van der Waals surface area contributed by atoms with Gasteiger partial charge in [-0.1, -0.05) is 54.1 Å². The zero-order chi connectivity index (χ0) is 29.6. The third-order valence-electron chi connectivity index (χ3n) is 6.47. The fraction of sp³-hybridized carbons (Fsp3) is 0.200. The molecule has 4 aromatic rings. The highest BCUT2D eigenvalue weighted by atomic mass is 35.5. The largest absolute Gasteiger partial charge is 0.493 e. The Labute approximate surface area is 245 Å². The van der Waals surface area contributed by atoms with Crippen LogP contribution in [0, 0.1) is 13.8 Å². The van der Waals surface area contributed by atoms with Gasteiger partial charge in [-0.2, -0.15) is 9.41 Å². The van der Waals surface area contributed by atoms with E-state index in [0.717, 1.165) is 32.5 Å². The van der Waals surface area contributed by atoms with Gasteiger partial charge in [0.15, 0.2) is 11.5 Å². The van der Waals surface area contributed by atoms with Gasteiger partial charge in [0, 0.05) is 29.6 Å². The van der Waals surface area contributed by atoms with Crippen molar-refractivity contribution in [1.29, 1.82) is 0 Å². The van der Waals surface area contributed by atoms with Crippen molar-refractivity contribution < 1.29 is 22.7 Å². The number of sulfonamides is 1. The number of aromatic nitrogens is 1. The smallest absolute Gasteiger partial charge is 0.255 e. The summed E-state index contributed by atoms with van der Waals surface area (Å²) in [4.78, 5) is 12.9. The number of hydrazone groups is 1. The van der Waals surface area contributed by atoms with Gasteiger partial charge in [0.25, 0.3) is 5.91 Å². The molecule has 1 heterocycles. The lowest BCUT2D eigenvalue weighted by Gasteiger charge is -2.22. The van der Waals surface area contributed by atoms with Crippen LogP contribution in [0.25, 0.3) is 5.69 Å². The quantitative estimate of drug-likeness (QED) is 0.192. The summed E-state index contributed by atoms with van der Waals surface area (Å²) in [6, 6.07) is 22.8. The van der Waals surface area contributed by atoms with Crippen molar-refractivity contribution in [2.75, 3.05) is 20.8 Å². The van der Waals surface area contributed by atoms with Crippen molar-refractivity contribution in [1.82, 2.24) is 14.3 Å². The second kappa shape index (κ2) is 13.0. The lowest BCUT2D eigenvalue weighted by Crippen LogP contribution is -2.39. The topological polar surface area (TPSA) is 102 Å². The van der Waals surface area contributed by atoms with Crippen molar-refractivity contribution in [3.8, 4) is 17.2 Å². The number of ether oxygens (including phenoxy) is 2. The van der Waals surface area contributed by atoms with E-state index in [9.17, 15) is 13.2 Å². The van der Waals surface area contributed by atoms with E-state index in [1.807, 2.05) is 54.8 Å². The van der Waals surface area contributed by atoms with Crippen LogP contribution in [0.15, 0.2) is 88.9 Å². The van der Waals surface area contributed by atoms with Gasteiger partial charge >= 0.3 is 0 Å². The van der Waals surface area contributed by atoms with Crippen molar-refractivity contribution in [3.05, 3.63) is 106 Å². The molecule has 0 spiro atoms. The summed E-state index contributed by atoms with van der Waals surface area (Å²) in [6.45, 7) is 3.40. The van der Waals surface area contributed by atoms with Gasteiger partial charge in [-0.25, -0.2) is 13.8 Å². The third-order valence-corrected chi connectivity index (χ3v) is 8.58. The molecule has 41 heavy (non-hydrogen) atoms. The number of benzene rings is 3. The molecule has 0 radical (unpaired) electrons. The van der Waals surface area contributed by atoms with E-state index >= 15 is 0 Å². The molecule has 9 nitrogen and oxygen atoms in total. The molecule has 0 atom stereocenters. The van der Waals surface area contributed by atoms with Gasteiger partial charge in [-0.15, -0.1) is 0 Å². The third kappa shape index (κ3) is 6.79. The molecule has 0 fully saturated rings. The summed E-state index contributed by atoms with van der Waals surface area (Å²) in [5.74, 6) is 0.0554. The van der Waals surface area contributed by atoms with Gasteiger partial charge in [-0.3, -0.25) is 4.79 Å². The molecule has 0 aliphatic heterocycles. The highest BCUT2D eigenvalue weighted by molar-refractivity contribution is 7.89. The zero-order valence-corrected chi connectivity index (χ0v) is 24.7. The molecule has 0 saturated carbocycles. The van der Waals surface area contributed by atoms with E-state index in [0.29, 0.717) is 10.8 Å². The molecule has 11 heteroatoms. The molecule has 214 valence electrons. The van der Waals surface area contributed by atoms with Gasteiger partial charge in [0.2, 0.25) is 10.0 Å².